The number of carbonyl (C=O) groups is 2. The molecule has 0 aliphatic carbocycles. The van der Waals surface area contributed by atoms with Gasteiger partial charge < -0.3 is 10.6 Å². The van der Waals surface area contributed by atoms with Crippen LogP contribution >= 0.6 is 0 Å². The van der Waals surface area contributed by atoms with Crippen LogP contribution in [0.1, 0.15) is 25.7 Å². The van der Waals surface area contributed by atoms with E-state index in [9.17, 15) is 9.59 Å². The van der Waals surface area contributed by atoms with Crippen molar-refractivity contribution in [3.63, 3.8) is 0 Å². The molecule has 2 amide bonds. The van der Waals surface area contributed by atoms with Crippen LogP contribution in [0.2, 0.25) is 0 Å². The minimum Gasteiger partial charge on any atom is -0.356 e. The molecule has 1 atom stereocenters. The summed E-state index contributed by atoms with van der Waals surface area (Å²) >= 11 is 0. The fraction of sp³-hybridized carbons (Fsp3) is 0.778. The van der Waals surface area contributed by atoms with Crippen LogP contribution in [0.4, 0.5) is 0 Å². The van der Waals surface area contributed by atoms with E-state index in [4.69, 9.17) is 0 Å². The molecule has 2 N–H and O–H groups in total. The second kappa shape index (κ2) is 3.01. The zero-order valence-electron chi connectivity index (χ0n) is 7.56. The van der Waals surface area contributed by atoms with Gasteiger partial charge in [-0.05, 0) is 18.3 Å². The van der Waals surface area contributed by atoms with E-state index in [2.05, 4.69) is 10.6 Å². The van der Waals surface area contributed by atoms with Crippen molar-refractivity contribution in [2.24, 2.45) is 5.41 Å². The molecule has 72 valence electrons. The van der Waals surface area contributed by atoms with Crippen molar-refractivity contribution < 1.29 is 9.59 Å². The zero-order valence-corrected chi connectivity index (χ0v) is 7.56. The van der Waals surface area contributed by atoms with Crippen LogP contribution in [-0.4, -0.2) is 24.9 Å². The molecule has 13 heavy (non-hydrogen) atoms. The lowest BCUT2D eigenvalue weighted by molar-refractivity contribution is -0.121. The molecule has 0 aromatic carbocycles. The molecule has 2 heterocycles. The van der Waals surface area contributed by atoms with Crippen LogP contribution in [0.15, 0.2) is 0 Å². The van der Waals surface area contributed by atoms with Gasteiger partial charge >= 0.3 is 0 Å². The molecule has 2 rings (SSSR count). The van der Waals surface area contributed by atoms with Crippen molar-refractivity contribution in [3.8, 4) is 0 Å². The van der Waals surface area contributed by atoms with Crippen molar-refractivity contribution in [2.45, 2.75) is 25.7 Å². The van der Waals surface area contributed by atoms with Crippen molar-refractivity contribution >= 4 is 11.8 Å². The Hall–Kier alpha value is -1.06. The quantitative estimate of drug-likeness (QED) is 0.544. The van der Waals surface area contributed by atoms with Crippen LogP contribution in [0.3, 0.4) is 0 Å². The van der Waals surface area contributed by atoms with Crippen LogP contribution in [-0.2, 0) is 9.59 Å². The molecule has 4 heteroatoms. The van der Waals surface area contributed by atoms with Gasteiger partial charge in [0.1, 0.15) is 0 Å². The predicted octanol–water partition coefficient (Wildman–Crippen LogP) is -0.207. The lowest BCUT2D eigenvalue weighted by atomic mass is 9.80. The number of nitrogens with one attached hydrogen (secondary N) is 2. The van der Waals surface area contributed by atoms with Gasteiger partial charge in [-0.2, -0.15) is 0 Å². The summed E-state index contributed by atoms with van der Waals surface area (Å²) in [5.74, 6) is 0.255. The number of amides is 2. The third kappa shape index (κ3) is 1.66. The summed E-state index contributed by atoms with van der Waals surface area (Å²) in [5, 5.41) is 5.68. The van der Waals surface area contributed by atoms with Crippen molar-refractivity contribution in [2.75, 3.05) is 13.1 Å². The van der Waals surface area contributed by atoms with Gasteiger partial charge in [-0.3, -0.25) is 9.59 Å². The van der Waals surface area contributed by atoms with Crippen molar-refractivity contribution in [1.82, 2.24) is 10.6 Å². The predicted molar refractivity (Wildman–Crippen MR) is 46.9 cm³/mol. The first-order chi connectivity index (χ1) is 6.20. The highest BCUT2D eigenvalue weighted by molar-refractivity contribution is 5.80. The molecule has 0 saturated carbocycles. The van der Waals surface area contributed by atoms with Crippen molar-refractivity contribution in [3.05, 3.63) is 0 Å². The summed E-state index contributed by atoms with van der Waals surface area (Å²) in [5.41, 5.74) is 0.0657. The Morgan fingerprint density at radius 1 is 1.08 bits per heavy atom. The number of carbonyl (C=O) groups excluding carboxylic acids is 2. The van der Waals surface area contributed by atoms with Gasteiger partial charge in [-0.1, -0.05) is 0 Å². The summed E-state index contributed by atoms with van der Waals surface area (Å²) in [6, 6.07) is 0. The molecule has 2 aliphatic rings. The SMILES string of the molecule is O=C1CCC2(CCN1)CNC(=O)C2. The first-order valence-corrected chi connectivity index (χ1v) is 4.74. The largest absolute Gasteiger partial charge is 0.356 e. The van der Waals surface area contributed by atoms with Crippen LogP contribution in [0.5, 0.6) is 0 Å². The Balaban J connectivity index is 2.06. The maximum Gasteiger partial charge on any atom is 0.220 e. The van der Waals surface area contributed by atoms with E-state index in [1.807, 2.05) is 0 Å². The number of rotatable bonds is 0. The average molecular weight is 182 g/mol. The summed E-state index contributed by atoms with van der Waals surface area (Å²) in [6.07, 6.45) is 2.94. The highest BCUT2D eigenvalue weighted by Gasteiger charge is 2.39. The van der Waals surface area contributed by atoms with Crippen molar-refractivity contribution in [1.29, 1.82) is 0 Å². The Morgan fingerprint density at radius 3 is 2.62 bits per heavy atom. The third-order valence-corrected chi connectivity index (χ3v) is 3.06. The minimum absolute atomic E-state index is 0.0657. The zero-order chi connectivity index (χ0) is 9.31. The molecule has 2 aliphatic heterocycles. The maximum absolute atomic E-state index is 11.1. The standard InChI is InChI=1S/C9H14N2O2/c12-7-1-2-9(3-4-10-7)5-8(13)11-6-9/h1-6H2,(H,10,12)(H,11,13). The summed E-state index contributed by atoms with van der Waals surface area (Å²) < 4.78 is 0. The van der Waals surface area contributed by atoms with Gasteiger partial charge in [0.25, 0.3) is 0 Å². The second-order valence-corrected chi connectivity index (χ2v) is 4.05. The normalized spacial score (nSPS) is 34.2. The Labute approximate surface area is 77.1 Å². The smallest absolute Gasteiger partial charge is 0.220 e. The lowest BCUT2D eigenvalue weighted by Gasteiger charge is -2.23. The average Bonchev–Trinajstić information content (AvgIpc) is 2.35. The highest BCUT2D eigenvalue weighted by atomic mass is 16.2. The molecular formula is C9H14N2O2. The minimum atomic E-state index is 0.0657. The molecule has 2 fully saturated rings. The fourth-order valence-corrected chi connectivity index (χ4v) is 2.16. The Kier molecular flexibility index (Phi) is 1.98. The molecule has 1 spiro atoms. The molecule has 0 bridgehead atoms. The monoisotopic (exact) mass is 182 g/mol. The van der Waals surface area contributed by atoms with E-state index in [-0.39, 0.29) is 17.2 Å². The first kappa shape index (κ1) is 8.53. The highest BCUT2D eigenvalue weighted by Crippen LogP contribution is 2.36. The molecule has 4 nitrogen and oxygen atoms in total. The number of hydrogen-bond acceptors (Lipinski definition) is 2. The van der Waals surface area contributed by atoms with Gasteiger partial charge in [0, 0.05) is 25.9 Å². The first-order valence-electron chi connectivity index (χ1n) is 4.74. The summed E-state index contributed by atoms with van der Waals surface area (Å²) in [7, 11) is 0. The van der Waals surface area contributed by atoms with Crippen LogP contribution in [0.25, 0.3) is 0 Å². The van der Waals surface area contributed by atoms with E-state index in [1.54, 1.807) is 0 Å². The maximum atomic E-state index is 11.1. The topological polar surface area (TPSA) is 58.2 Å². The van der Waals surface area contributed by atoms with Crippen LogP contribution < -0.4 is 10.6 Å². The van der Waals surface area contributed by atoms with Gasteiger partial charge in [0.05, 0.1) is 0 Å². The Morgan fingerprint density at radius 2 is 1.92 bits per heavy atom. The molecular weight excluding hydrogens is 168 g/mol. The van der Waals surface area contributed by atoms with E-state index in [0.29, 0.717) is 19.4 Å². The van der Waals surface area contributed by atoms with E-state index < -0.39 is 0 Å². The second-order valence-electron chi connectivity index (χ2n) is 4.05. The lowest BCUT2D eigenvalue weighted by Crippen LogP contribution is -2.25. The van der Waals surface area contributed by atoms with E-state index in [0.717, 1.165) is 19.4 Å². The van der Waals surface area contributed by atoms with E-state index >= 15 is 0 Å². The van der Waals surface area contributed by atoms with Gasteiger partial charge in [0.15, 0.2) is 0 Å². The van der Waals surface area contributed by atoms with Gasteiger partial charge in [0.2, 0.25) is 11.8 Å². The number of hydrogen-bond donors (Lipinski definition) is 2. The summed E-state index contributed by atoms with van der Waals surface area (Å²) in [6.45, 7) is 1.47. The van der Waals surface area contributed by atoms with E-state index in [1.165, 1.54) is 0 Å². The molecule has 2 saturated heterocycles. The Bertz CT molecular complexity index is 246. The fourth-order valence-electron chi connectivity index (χ4n) is 2.16. The molecule has 1 unspecified atom stereocenters. The third-order valence-electron chi connectivity index (χ3n) is 3.06. The van der Waals surface area contributed by atoms with Crippen LogP contribution in [0, 0.1) is 5.41 Å². The van der Waals surface area contributed by atoms with Gasteiger partial charge in [-0.15, -0.1) is 0 Å². The van der Waals surface area contributed by atoms with Gasteiger partial charge in [-0.25, -0.2) is 0 Å². The molecule has 0 aromatic rings. The molecule has 0 radical (unpaired) electrons. The summed E-state index contributed by atoms with van der Waals surface area (Å²) in [4.78, 5) is 22.2. The molecule has 0 aromatic heterocycles.